The minimum atomic E-state index is -3.62. The number of sulfonamides is 1. The molecule has 0 N–H and O–H groups in total. The van der Waals surface area contributed by atoms with Crippen LogP contribution >= 0.6 is 11.6 Å². The molecule has 0 bridgehead atoms. The molecule has 1 saturated heterocycles. The number of hydrogen-bond donors (Lipinski definition) is 0. The van der Waals surface area contributed by atoms with Gasteiger partial charge in [0.05, 0.1) is 23.6 Å². The lowest BCUT2D eigenvalue weighted by Gasteiger charge is -2.35. The number of rotatable bonds is 3. The smallest absolute Gasteiger partial charge is 0.243 e. The molecule has 5 rings (SSSR count). The second-order valence-electron chi connectivity index (χ2n) is 7.54. The Hall–Kier alpha value is -2.55. The van der Waals surface area contributed by atoms with E-state index in [9.17, 15) is 8.42 Å². The Kier molecular flexibility index (Phi) is 5.37. The van der Waals surface area contributed by atoms with Gasteiger partial charge in [0.2, 0.25) is 10.0 Å². The summed E-state index contributed by atoms with van der Waals surface area (Å²) in [6, 6.07) is 12.5. The van der Waals surface area contributed by atoms with Crippen LogP contribution in [-0.2, 0) is 10.0 Å². The summed E-state index contributed by atoms with van der Waals surface area (Å²) in [4.78, 5) is 6.82. The highest BCUT2D eigenvalue weighted by molar-refractivity contribution is 7.89. The molecule has 162 valence electrons. The zero-order chi connectivity index (χ0) is 21.4. The van der Waals surface area contributed by atoms with E-state index in [1.54, 1.807) is 24.4 Å². The van der Waals surface area contributed by atoms with Crippen molar-refractivity contribution in [2.45, 2.75) is 11.3 Å². The number of piperazine rings is 1. The number of halogens is 1. The summed E-state index contributed by atoms with van der Waals surface area (Å²) in [5, 5.41) is 1.65. The number of benzene rings is 2. The lowest BCUT2D eigenvalue weighted by atomic mass is 10.1. The van der Waals surface area contributed by atoms with E-state index >= 15 is 0 Å². The van der Waals surface area contributed by atoms with Crippen LogP contribution in [-0.4, -0.2) is 57.1 Å². The quantitative estimate of drug-likeness (QED) is 0.596. The predicted molar refractivity (Wildman–Crippen MR) is 120 cm³/mol. The number of anilines is 1. The molecular weight excluding hydrogens is 438 g/mol. The van der Waals surface area contributed by atoms with Crippen molar-refractivity contribution < 1.29 is 17.9 Å². The summed E-state index contributed by atoms with van der Waals surface area (Å²) in [5.41, 5.74) is 1.86. The third-order valence-electron chi connectivity index (χ3n) is 5.62. The second kappa shape index (κ2) is 8.18. The van der Waals surface area contributed by atoms with Gasteiger partial charge in [-0.05, 0) is 36.4 Å². The Morgan fingerprint density at radius 3 is 2.48 bits per heavy atom. The van der Waals surface area contributed by atoms with E-state index < -0.39 is 10.0 Å². The molecule has 3 heterocycles. The van der Waals surface area contributed by atoms with Crippen LogP contribution in [0.25, 0.3) is 10.9 Å². The van der Waals surface area contributed by atoms with E-state index in [-0.39, 0.29) is 4.90 Å². The summed E-state index contributed by atoms with van der Waals surface area (Å²) in [6.07, 6.45) is 2.53. The fraction of sp³-hybridized carbons (Fsp3) is 0.318. The van der Waals surface area contributed by atoms with E-state index in [1.807, 2.05) is 24.3 Å². The molecule has 2 aliphatic rings. The Labute approximate surface area is 186 Å². The van der Waals surface area contributed by atoms with E-state index in [0.29, 0.717) is 55.9 Å². The first-order chi connectivity index (χ1) is 15.0. The molecular formula is C22H22ClN3O4S. The Morgan fingerprint density at radius 1 is 0.903 bits per heavy atom. The lowest BCUT2D eigenvalue weighted by molar-refractivity contribution is 0.296. The summed E-state index contributed by atoms with van der Waals surface area (Å²) in [6.45, 7) is 3.05. The standard InChI is InChI=1S/C22H22ClN3O4S/c23-16-2-4-18-19(14-16)24-7-6-20(18)25-8-10-26(11-9-25)31(27,28)17-3-5-21-22(15-17)30-13-1-12-29-21/h2-7,14-15H,1,8-13H2. The molecule has 3 aromatic rings. The first-order valence-electron chi connectivity index (χ1n) is 10.2. The highest BCUT2D eigenvalue weighted by atomic mass is 35.5. The third-order valence-corrected chi connectivity index (χ3v) is 7.75. The molecule has 0 radical (unpaired) electrons. The van der Waals surface area contributed by atoms with Gasteiger partial charge in [0.1, 0.15) is 0 Å². The van der Waals surface area contributed by atoms with Gasteiger partial charge in [-0.1, -0.05) is 11.6 Å². The van der Waals surface area contributed by atoms with Gasteiger partial charge >= 0.3 is 0 Å². The molecule has 31 heavy (non-hydrogen) atoms. The molecule has 0 unspecified atom stereocenters. The first kappa shape index (κ1) is 20.4. The van der Waals surface area contributed by atoms with Crippen molar-refractivity contribution in [3.63, 3.8) is 0 Å². The van der Waals surface area contributed by atoms with Crippen LogP contribution in [0.4, 0.5) is 5.69 Å². The number of nitrogens with zero attached hydrogens (tertiary/aromatic N) is 3. The highest BCUT2D eigenvalue weighted by Gasteiger charge is 2.30. The van der Waals surface area contributed by atoms with Crippen molar-refractivity contribution in [3.8, 4) is 11.5 Å². The monoisotopic (exact) mass is 459 g/mol. The zero-order valence-corrected chi connectivity index (χ0v) is 18.4. The first-order valence-corrected chi connectivity index (χ1v) is 12.0. The van der Waals surface area contributed by atoms with Gasteiger partial charge in [-0.3, -0.25) is 4.98 Å². The molecule has 1 fully saturated rings. The van der Waals surface area contributed by atoms with Gasteiger partial charge in [-0.2, -0.15) is 4.31 Å². The topological polar surface area (TPSA) is 72.0 Å². The fourth-order valence-electron chi connectivity index (χ4n) is 4.00. The van der Waals surface area contributed by atoms with E-state index in [0.717, 1.165) is 23.0 Å². The van der Waals surface area contributed by atoms with Gasteiger partial charge in [-0.25, -0.2) is 8.42 Å². The number of fused-ring (bicyclic) bond motifs is 2. The van der Waals surface area contributed by atoms with Crippen LogP contribution in [0.1, 0.15) is 6.42 Å². The minimum absolute atomic E-state index is 0.231. The van der Waals surface area contributed by atoms with Crippen molar-refractivity contribution in [1.29, 1.82) is 0 Å². The zero-order valence-electron chi connectivity index (χ0n) is 16.8. The largest absolute Gasteiger partial charge is 0.490 e. The highest BCUT2D eigenvalue weighted by Crippen LogP contribution is 2.34. The average Bonchev–Trinajstić information content (AvgIpc) is 3.03. The van der Waals surface area contributed by atoms with E-state index in [1.165, 1.54) is 4.31 Å². The van der Waals surface area contributed by atoms with Crippen LogP contribution in [0.3, 0.4) is 0 Å². The van der Waals surface area contributed by atoms with E-state index in [4.69, 9.17) is 21.1 Å². The summed E-state index contributed by atoms with van der Waals surface area (Å²) < 4.78 is 39.3. The van der Waals surface area contributed by atoms with Crippen molar-refractivity contribution in [3.05, 3.63) is 53.7 Å². The molecule has 0 aliphatic carbocycles. The lowest BCUT2D eigenvalue weighted by Crippen LogP contribution is -2.48. The normalized spacial score (nSPS) is 17.5. The fourth-order valence-corrected chi connectivity index (χ4v) is 5.61. The Morgan fingerprint density at radius 2 is 1.68 bits per heavy atom. The predicted octanol–water partition coefficient (Wildman–Crippen LogP) is 3.56. The number of hydrogen-bond acceptors (Lipinski definition) is 6. The van der Waals surface area contributed by atoms with Gasteiger partial charge in [0.15, 0.2) is 11.5 Å². The molecule has 9 heteroatoms. The maximum Gasteiger partial charge on any atom is 0.243 e. The molecule has 0 spiro atoms. The van der Waals surface area contributed by atoms with Crippen LogP contribution in [0.2, 0.25) is 5.02 Å². The van der Waals surface area contributed by atoms with Crippen LogP contribution in [0, 0.1) is 0 Å². The number of aromatic nitrogens is 1. The maximum absolute atomic E-state index is 13.2. The van der Waals surface area contributed by atoms with E-state index in [2.05, 4.69) is 9.88 Å². The van der Waals surface area contributed by atoms with Crippen molar-refractivity contribution in [2.75, 3.05) is 44.3 Å². The summed E-state index contributed by atoms with van der Waals surface area (Å²) in [7, 11) is -3.62. The third kappa shape index (κ3) is 3.91. The van der Waals surface area contributed by atoms with Gasteiger partial charge in [-0.15, -0.1) is 0 Å². The number of ether oxygens (including phenoxy) is 2. The average molecular weight is 460 g/mol. The molecule has 0 atom stereocenters. The Bertz CT molecular complexity index is 1230. The molecule has 2 aliphatic heterocycles. The molecule has 2 aromatic carbocycles. The SMILES string of the molecule is O=S(=O)(c1ccc2c(c1)OCCCO2)N1CCN(c2ccnc3cc(Cl)ccc23)CC1. The molecule has 0 saturated carbocycles. The van der Waals surface area contributed by atoms with Gasteiger partial charge < -0.3 is 14.4 Å². The summed E-state index contributed by atoms with van der Waals surface area (Å²) >= 11 is 6.09. The summed E-state index contributed by atoms with van der Waals surface area (Å²) in [5.74, 6) is 1.07. The minimum Gasteiger partial charge on any atom is -0.490 e. The van der Waals surface area contributed by atoms with Gasteiger partial charge in [0, 0.05) is 61.0 Å². The Balaban J connectivity index is 1.35. The van der Waals surface area contributed by atoms with Crippen molar-refractivity contribution in [1.82, 2.24) is 9.29 Å². The molecule has 1 aromatic heterocycles. The molecule has 7 nitrogen and oxygen atoms in total. The van der Waals surface area contributed by atoms with Crippen molar-refractivity contribution >= 4 is 38.2 Å². The van der Waals surface area contributed by atoms with Crippen LogP contribution < -0.4 is 14.4 Å². The molecule has 0 amide bonds. The maximum atomic E-state index is 13.2. The number of pyridine rings is 1. The van der Waals surface area contributed by atoms with Crippen molar-refractivity contribution in [2.24, 2.45) is 0 Å². The van der Waals surface area contributed by atoms with Gasteiger partial charge in [0.25, 0.3) is 0 Å². The van der Waals surface area contributed by atoms with Crippen LogP contribution in [0.15, 0.2) is 53.6 Å². The van der Waals surface area contributed by atoms with Crippen LogP contribution in [0.5, 0.6) is 11.5 Å². The second-order valence-corrected chi connectivity index (χ2v) is 9.92.